The summed E-state index contributed by atoms with van der Waals surface area (Å²) in [6.45, 7) is 6.34. The second kappa shape index (κ2) is 8.34. The second-order valence-electron chi connectivity index (χ2n) is 6.57. The molecule has 0 bridgehead atoms. The Morgan fingerprint density at radius 3 is 2.50 bits per heavy atom. The Balaban J connectivity index is 1.73. The molecule has 1 amide bonds. The number of pyridine rings is 1. The molecule has 0 fully saturated rings. The number of aromatic nitrogens is 1. The molecule has 0 spiro atoms. The zero-order chi connectivity index (χ0) is 17.4. The highest BCUT2D eigenvalue weighted by atomic mass is 16.6. The van der Waals surface area contributed by atoms with Gasteiger partial charge < -0.3 is 10.1 Å². The Bertz CT molecular complexity index is 634. The smallest absolute Gasteiger partial charge is 0.413 e. The van der Waals surface area contributed by atoms with E-state index in [2.05, 4.69) is 39.9 Å². The van der Waals surface area contributed by atoms with Gasteiger partial charge in [0.1, 0.15) is 11.4 Å². The molecule has 2 N–H and O–H groups in total. The minimum Gasteiger partial charge on any atom is -0.444 e. The number of ether oxygens (including phenoxy) is 1. The Morgan fingerprint density at radius 2 is 1.88 bits per heavy atom. The molecule has 0 saturated carbocycles. The summed E-state index contributed by atoms with van der Waals surface area (Å²) in [7, 11) is 0. The molecule has 5 nitrogen and oxygen atoms in total. The quantitative estimate of drug-likeness (QED) is 0.768. The second-order valence-corrected chi connectivity index (χ2v) is 6.57. The number of nitrogens with one attached hydrogen (secondary N) is 2. The standard InChI is InChI=1S/C19H25N3O2/c1-19(2,3)24-18(23)22-17-12-11-16(14-21-17)20-13-7-10-15-8-5-4-6-9-15/h4-6,8-9,11-12,14,20H,7,10,13H2,1-3H3,(H,21,22,23). The molecule has 24 heavy (non-hydrogen) atoms. The van der Waals surface area contributed by atoms with Crippen molar-refractivity contribution in [3.05, 3.63) is 54.2 Å². The van der Waals surface area contributed by atoms with Crippen LogP contribution in [0.3, 0.4) is 0 Å². The van der Waals surface area contributed by atoms with Crippen molar-refractivity contribution in [3.8, 4) is 0 Å². The van der Waals surface area contributed by atoms with Gasteiger partial charge in [-0.2, -0.15) is 0 Å². The van der Waals surface area contributed by atoms with E-state index >= 15 is 0 Å². The van der Waals surface area contributed by atoms with Crippen molar-refractivity contribution in [2.24, 2.45) is 0 Å². The van der Waals surface area contributed by atoms with Gasteiger partial charge in [0.25, 0.3) is 0 Å². The number of benzene rings is 1. The van der Waals surface area contributed by atoms with E-state index in [1.165, 1.54) is 5.56 Å². The maximum absolute atomic E-state index is 11.7. The molecule has 1 heterocycles. The van der Waals surface area contributed by atoms with E-state index in [0.29, 0.717) is 5.82 Å². The first-order valence-electron chi connectivity index (χ1n) is 8.16. The molecule has 0 atom stereocenters. The number of amides is 1. The lowest BCUT2D eigenvalue weighted by molar-refractivity contribution is 0.0635. The van der Waals surface area contributed by atoms with Crippen molar-refractivity contribution in [1.29, 1.82) is 0 Å². The number of aryl methyl sites for hydroxylation is 1. The van der Waals surface area contributed by atoms with E-state index in [0.717, 1.165) is 25.1 Å². The average Bonchev–Trinajstić information content (AvgIpc) is 2.52. The van der Waals surface area contributed by atoms with E-state index < -0.39 is 11.7 Å². The molecule has 1 aromatic heterocycles. The number of rotatable bonds is 6. The summed E-state index contributed by atoms with van der Waals surface area (Å²) in [5.74, 6) is 0.471. The lowest BCUT2D eigenvalue weighted by Crippen LogP contribution is -2.27. The molecule has 0 radical (unpaired) electrons. The highest BCUT2D eigenvalue weighted by Crippen LogP contribution is 2.13. The van der Waals surface area contributed by atoms with Gasteiger partial charge in [-0.25, -0.2) is 9.78 Å². The third-order valence-electron chi connectivity index (χ3n) is 3.21. The minimum atomic E-state index is -0.523. The summed E-state index contributed by atoms with van der Waals surface area (Å²) in [5, 5.41) is 5.94. The van der Waals surface area contributed by atoms with Crippen LogP contribution in [0.4, 0.5) is 16.3 Å². The summed E-state index contributed by atoms with van der Waals surface area (Å²) in [6, 6.07) is 14.1. The first kappa shape index (κ1) is 17.8. The predicted octanol–water partition coefficient (Wildman–Crippen LogP) is 4.47. The third-order valence-corrected chi connectivity index (χ3v) is 3.21. The molecule has 0 aliphatic heterocycles. The number of anilines is 2. The summed E-state index contributed by atoms with van der Waals surface area (Å²) >= 11 is 0. The van der Waals surface area contributed by atoms with Crippen LogP contribution in [0.5, 0.6) is 0 Å². The summed E-state index contributed by atoms with van der Waals surface area (Å²) in [5.41, 5.74) is 1.75. The van der Waals surface area contributed by atoms with Crippen LogP contribution in [0.25, 0.3) is 0 Å². The van der Waals surface area contributed by atoms with Gasteiger partial charge >= 0.3 is 6.09 Å². The first-order chi connectivity index (χ1) is 11.4. The Morgan fingerprint density at radius 1 is 1.12 bits per heavy atom. The SMILES string of the molecule is CC(C)(C)OC(=O)Nc1ccc(NCCCc2ccccc2)cn1. The summed E-state index contributed by atoms with van der Waals surface area (Å²) in [6.07, 6.45) is 3.29. The fourth-order valence-electron chi connectivity index (χ4n) is 2.15. The van der Waals surface area contributed by atoms with Gasteiger partial charge in [0.05, 0.1) is 11.9 Å². The summed E-state index contributed by atoms with van der Waals surface area (Å²) in [4.78, 5) is 15.9. The largest absolute Gasteiger partial charge is 0.444 e. The lowest BCUT2D eigenvalue weighted by Gasteiger charge is -2.19. The van der Waals surface area contributed by atoms with Crippen LogP contribution in [-0.2, 0) is 11.2 Å². The molecule has 2 aromatic rings. The van der Waals surface area contributed by atoms with Gasteiger partial charge in [0.2, 0.25) is 0 Å². The van der Waals surface area contributed by atoms with Crippen molar-refractivity contribution in [3.63, 3.8) is 0 Å². The maximum Gasteiger partial charge on any atom is 0.413 e. The molecule has 1 aromatic carbocycles. The minimum absolute atomic E-state index is 0.471. The topological polar surface area (TPSA) is 63.2 Å². The number of hydrogen-bond donors (Lipinski definition) is 2. The number of nitrogens with zero attached hydrogens (tertiary/aromatic N) is 1. The monoisotopic (exact) mass is 327 g/mol. The van der Waals surface area contributed by atoms with Crippen LogP contribution in [0.15, 0.2) is 48.7 Å². The average molecular weight is 327 g/mol. The molecule has 0 aliphatic rings. The van der Waals surface area contributed by atoms with E-state index in [1.54, 1.807) is 12.3 Å². The predicted molar refractivity (Wildman–Crippen MR) is 97.3 cm³/mol. The summed E-state index contributed by atoms with van der Waals surface area (Å²) < 4.78 is 5.19. The van der Waals surface area contributed by atoms with Crippen LogP contribution < -0.4 is 10.6 Å². The van der Waals surface area contributed by atoms with Crippen molar-refractivity contribution < 1.29 is 9.53 Å². The molecular formula is C19H25N3O2. The van der Waals surface area contributed by atoms with E-state index in [4.69, 9.17) is 4.74 Å². The van der Waals surface area contributed by atoms with Crippen molar-refractivity contribution in [1.82, 2.24) is 4.98 Å². The van der Waals surface area contributed by atoms with Crippen molar-refractivity contribution in [2.75, 3.05) is 17.2 Å². The Labute approximate surface area is 143 Å². The molecule has 5 heteroatoms. The molecule has 0 aliphatic carbocycles. The molecular weight excluding hydrogens is 302 g/mol. The fraction of sp³-hybridized carbons (Fsp3) is 0.368. The Hall–Kier alpha value is -2.56. The van der Waals surface area contributed by atoms with Gasteiger partial charge in [-0.3, -0.25) is 5.32 Å². The third kappa shape index (κ3) is 6.69. The van der Waals surface area contributed by atoms with Crippen LogP contribution in [0.2, 0.25) is 0 Å². The Kier molecular flexibility index (Phi) is 6.18. The molecule has 128 valence electrons. The van der Waals surface area contributed by atoms with Crippen molar-refractivity contribution >= 4 is 17.6 Å². The van der Waals surface area contributed by atoms with E-state index in [9.17, 15) is 4.79 Å². The first-order valence-corrected chi connectivity index (χ1v) is 8.16. The lowest BCUT2D eigenvalue weighted by atomic mass is 10.1. The number of hydrogen-bond acceptors (Lipinski definition) is 4. The molecule has 2 rings (SSSR count). The zero-order valence-electron chi connectivity index (χ0n) is 14.5. The molecule has 0 saturated heterocycles. The van der Waals surface area contributed by atoms with Gasteiger partial charge in [-0.05, 0) is 51.3 Å². The molecule has 0 unspecified atom stereocenters. The van der Waals surface area contributed by atoms with Gasteiger partial charge in [0, 0.05) is 6.54 Å². The zero-order valence-corrected chi connectivity index (χ0v) is 14.5. The van der Waals surface area contributed by atoms with Crippen LogP contribution in [-0.4, -0.2) is 23.2 Å². The van der Waals surface area contributed by atoms with Gasteiger partial charge in [-0.1, -0.05) is 30.3 Å². The normalized spacial score (nSPS) is 11.0. The maximum atomic E-state index is 11.7. The van der Waals surface area contributed by atoms with Crippen LogP contribution in [0.1, 0.15) is 32.8 Å². The highest BCUT2D eigenvalue weighted by molar-refractivity contribution is 5.83. The van der Waals surface area contributed by atoms with Crippen LogP contribution in [0, 0.1) is 0 Å². The highest BCUT2D eigenvalue weighted by Gasteiger charge is 2.16. The van der Waals surface area contributed by atoms with Crippen LogP contribution >= 0.6 is 0 Å². The van der Waals surface area contributed by atoms with Gasteiger partial charge in [0.15, 0.2) is 0 Å². The van der Waals surface area contributed by atoms with Crippen molar-refractivity contribution in [2.45, 2.75) is 39.2 Å². The fourth-order valence-corrected chi connectivity index (χ4v) is 2.15. The number of carbonyl (C=O) groups is 1. The van der Waals surface area contributed by atoms with E-state index in [-0.39, 0.29) is 0 Å². The van der Waals surface area contributed by atoms with Gasteiger partial charge in [-0.15, -0.1) is 0 Å². The number of carbonyl (C=O) groups excluding carboxylic acids is 1. The van der Waals surface area contributed by atoms with E-state index in [1.807, 2.05) is 32.9 Å².